The molecular weight excluding hydrogens is 371 g/mol. The minimum Gasteiger partial charge on any atom is -0.480 e. The zero-order chi connectivity index (χ0) is 20.0. The molecular formula is C16H20F3N3O5. The van der Waals surface area contributed by atoms with E-state index >= 15 is 0 Å². The third-order valence-electron chi connectivity index (χ3n) is 3.71. The van der Waals surface area contributed by atoms with Crippen molar-refractivity contribution in [1.82, 2.24) is 14.8 Å². The molecule has 1 aliphatic heterocycles. The summed E-state index contributed by atoms with van der Waals surface area (Å²) in [7, 11) is 1.64. The number of morpholine rings is 1. The number of hydrogen-bond donors (Lipinski definition) is 1. The molecule has 0 aromatic carbocycles. The molecule has 0 spiro atoms. The molecule has 0 radical (unpaired) electrons. The number of carboxylic acid groups (broad SMARTS) is 1. The van der Waals surface area contributed by atoms with Crippen molar-refractivity contribution >= 4 is 11.9 Å². The lowest BCUT2D eigenvalue weighted by atomic mass is 10.2. The summed E-state index contributed by atoms with van der Waals surface area (Å²) in [5, 5.41) is 8.78. The number of aliphatic carboxylic acids is 1. The second-order valence-electron chi connectivity index (χ2n) is 6.12. The van der Waals surface area contributed by atoms with Gasteiger partial charge in [0, 0.05) is 31.9 Å². The van der Waals surface area contributed by atoms with Crippen molar-refractivity contribution in [1.29, 1.82) is 0 Å². The fraction of sp³-hybridized carbons (Fsp3) is 0.562. The smallest absolute Gasteiger partial charge is 0.422 e. The van der Waals surface area contributed by atoms with Crippen LogP contribution in [0.1, 0.15) is 10.4 Å². The number of rotatable bonds is 7. The van der Waals surface area contributed by atoms with Crippen LogP contribution in [-0.2, 0) is 9.53 Å². The van der Waals surface area contributed by atoms with Crippen molar-refractivity contribution < 1.29 is 37.3 Å². The Morgan fingerprint density at radius 3 is 2.78 bits per heavy atom. The van der Waals surface area contributed by atoms with Crippen LogP contribution in [0.5, 0.6) is 5.88 Å². The largest absolute Gasteiger partial charge is 0.480 e. The van der Waals surface area contributed by atoms with Crippen LogP contribution in [0.3, 0.4) is 0 Å². The van der Waals surface area contributed by atoms with E-state index in [1.165, 1.54) is 17.0 Å². The number of halogens is 3. The predicted molar refractivity (Wildman–Crippen MR) is 86.6 cm³/mol. The summed E-state index contributed by atoms with van der Waals surface area (Å²) in [6.45, 7) is -0.324. The second-order valence-corrected chi connectivity index (χ2v) is 6.12. The van der Waals surface area contributed by atoms with Crippen LogP contribution in [0.25, 0.3) is 0 Å². The van der Waals surface area contributed by atoms with Crippen molar-refractivity contribution in [3.63, 3.8) is 0 Å². The molecule has 1 aromatic rings. The molecule has 0 bridgehead atoms. The Labute approximate surface area is 153 Å². The third kappa shape index (κ3) is 7.02. The minimum absolute atomic E-state index is 0.142. The molecule has 1 aliphatic rings. The van der Waals surface area contributed by atoms with Gasteiger partial charge in [-0.15, -0.1) is 0 Å². The van der Waals surface area contributed by atoms with E-state index in [-0.39, 0.29) is 36.5 Å². The number of ether oxygens (including phenoxy) is 2. The van der Waals surface area contributed by atoms with Gasteiger partial charge in [-0.3, -0.25) is 14.5 Å². The van der Waals surface area contributed by atoms with E-state index < -0.39 is 18.8 Å². The van der Waals surface area contributed by atoms with Gasteiger partial charge >= 0.3 is 12.1 Å². The van der Waals surface area contributed by atoms with E-state index in [0.717, 1.165) is 6.20 Å². The zero-order valence-corrected chi connectivity index (χ0v) is 14.6. The molecule has 1 fully saturated rings. The molecule has 1 atom stereocenters. The SMILES string of the molecule is CN(CC(=O)O)CC1CN(C(=O)c2ccc(OCC(F)(F)F)nc2)CCO1. The number of amides is 1. The highest BCUT2D eigenvalue weighted by atomic mass is 19.4. The molecule has 2 heterocycles. The first-order valence-electron chi connectivity index (χ1n) is 8.11. The molecule has 1 amide bonds. The highest BCUT2D eigenvalue weighted by Crippen LogP contribution is 2.18. The van der Waals surface area contributed by atoms with Gasteiger partial charge in [-0.1, -0.05) is 0 Å². The summed E-state index contributed by atoms with van der Waals surface area (Å²) < 4.78 is 46.4. The monoisotopic (exact) mass is 391 g/mol. The van der Waals surface area contributed by atoms with E-state index in [1.807, 2.05) is 0 Å². The van der Waals surface area contributed by atoms with Crippen LogP contribution in [-0.4, -0.2) is 90.5 Å². The van der Waals surface area contributed by atoms with Gasteiger partial charge < -0.3 is 19.5 Å². The summed E-state index contributed by atoms with van der Waals surface area (Å²) in [6, 6.07) is 2.56. The summed E-state index contributed by atoms with van der Waals surface area (Å²) in [4.78, 5) is 30.1. The Morgan fingerprint density at radius 2 is 2.19 bits per heavy atom. The van der Waals surface area contributed by atoms with Crippen LogP contribution < -0.4 is 4.74 Å². The van der Waals surface area contributed by atoms with Crippen LogP contribution in [0.15, 0.2) is 18.3 Å². The summed E-state index contributed by atoms with van der Waals surface area (Å²) in [5.74, 6) is -1.52. The maximum atomic E-state index is 12.5. The Hall–Kier alpha value is -2.40. The molecule has 1 aromatic heterocycles. The van der Waals surface area contributed by atoms with Gasteiger partial charge in [-0.2, -0.15) is 13.2 Å². The van der Waals surface area contributed by atoms with Gasteiger partial charge in [0.15, 0.2) is 6.61 Å². The first kappa shape index (κ1) is 20.9. The normalized spacial score (nSPS) is 17.8. The third-order valence-corrected chi connectivity index (χ3v) is 3.71. The molecule has 1 saturated heterocycles. The van der Waals surface area contributed by atoms with Gasteiger partial charge in [0.1, 0.15) is 0 Å². The summed E-state index contributed by atoms with van der Waals surface area (Å²) in [5.41, 5.74) is 0.217. The molecule has 8 nitrogen and oxygen atoms in total. The zero-order valence-electron chi connectivity index (χ0n) is 14.6. The first-order valence-corrected chi connectivity index (χ1v) is 8.11. The molecule has 0 saturated carbocycles. The second kappa shape index (κ2) is 9.00. The average molecular weight is 391 g/mol. The highest BCUT2D eigenvalue weighted by molar-refractivity contribution is 5.94. The fourth-order valence-corrected chi connectivity index (χ4v) is 2.59. The van der Waals surface area contributed by atoms with E-state index in [4.69, 9.17) is 9.84 Å². The van der Waals surface area contributed by atoms with Crippen molar-refractivity contribution in [2.45, 2.75) is 12.3 Å². The Bertz CT molecular complexity index is 654. The lowest BCUT2D eigenvalue weighted by Crippen LogP contribution is -2.49. The standard InChI is InChI=1S/C16H20F3N3O5/c1-21(9-14(23)24)7-12-8-22(4-5-26-12)15(25)11-2-3-13(20-6-11)27-10-16(17,18)19/h2-3,6,12H,4-5,7-10H2,1H3,(H,23,24). The highest BCUT2D eigenvalue weighted by Gasteiger charge is 2.29. The molecule has 2 rings (SSSR count). The summed E-state index contributed by atoms with van der Waals surface area (Å²) in [6.07, 6.45) is -3.64. The van der Waals surface area contributed by atoms with Crippen molar-refractivity contribution in [3.8, 4) is 5.88 Å². The van der Waals surface area contributed by atoms with Gasteiger partial charge in [0.05, 0.1) is 24.8 Å². The fourth-order valence-electron chi connectivity index (χ4n) is 2.59. The van der Waals surface area contributed by atoms with Crippen LogP contribution in [0, 0.1) is 0 Å². The minimum atomic E-state index is -4.47. The molecule has 150 valence electrons. The number of aromatic nitrogens is 1. The topological polar surface area (TPSA) is 92.2 Å². The van der Waals surface area contributed by atoms with E-state index in [9.17, 15) is 22.8 Å². The molecule has 0 aliphatic carbocycles. The average Bonchev–Trinajstić information content (AvgIpc) is 2.58. The number of nitrogens with zero attached hydrogens (tertiary/aromatic N) is 3. The molecule has 11 heteroatoms. The number of alkyl halides is 3. The first-order chi connectivity index (χ1) is 12.6. The predicted octanol–water partition coefficient (Wildman–Crippen LogP) is 0.880. The summed E-state index contributed by atoms with van der Waals surface area (Å²) >= 11 is 0. The van der Waals surface area contributed by atoms with Crippen LogP contribution in [0.4, 0.5) is 13.2 Å². The number of carbonyl (C=O) groups is 2. The Balaban J connectivity index is 1.91. The van der Waals surface area contributed by atoms with E-state index in [1.54, 1.807) is 11.9 Å². The van der Waals surface area contributed by atoms with Crippen molar-refractivity contribution in [2.24, 2.45) is 0 Å². The Kier molecular flexibility index (Phi) is 6.97. The van der Waals surface area contributed by atoms with E-state index in [0.29, 0.717) is 19.7 Å². The van der Waals surface area contributed by atoms with Crippen molar-refractivity contribution in [3.05, 3.63) is 23.9 Å². The number of carboxylic acids is 1. The van der Waals surface area contributed by atoms with Gasteiger partial charge in [0.25, 0.3) is 5.91 Å². The maximum Gasteiger partial charge on any atom is 0.422 e. The Morgan fingerprint density at radius 1 is 1.44 bits per heavy atom. The quantitative estimate of drug-likeness (QED) is 0.738. The van der Waals surface area contributed by atoms with Gasteiger partial charge in [-0.25, -0.2) is 4.98 Å². The number of likely N-dealkylation sites (N-methyl/N-ethyl adjacent to an activating group) is 1. The number of hydrogen-bond acceptors (Lipinski definition) is 6. The molecule has 1 unspecified atom stereocenters. The van der Waals surface area contributed by atoms with Crippen molar-refractivity contribution in [2.75, 3.05) is 46.4 Å². The van der Waals surface area contributed by atoms with Gasteiger partial charge in [-0.05, 0) is 13.1 Å². The maximum absolute atomic E-state index is 12.5. The lowest BCUT2D eigenvalue weighted by molar-refractivity contribution is -0.154. The van der Waals surface area contributed by atoms with E-state index in [2.05, 4.69) is 9.72 Å². The van der Waals surface area contributed by atoms with Gasteiger partial charge in [0.2, 0.25) is 5.88 Å². The number of carbonyl (C=O) groups excluding carboxylic acids is 1. The molecule has 1 N–H and O–H groups in total. The lowest BCUT2D eigenvalue weighted by Gasteiger charge is -2.34. The van der Waals surface area contributed by atoms with Crippen LogP contribution in [0.2, 0.25) is 0 Å². The van der Waals surface area contributed by atoms with Crippen LogP contribution >= 0.6 is 0 Å². The molecule has 27 heavy (non-hydrogen) atoms. The number of pyridine rings is 1.